The number of halogens is 1. The summed E-state index contributed by atoms with van der Waals surface area (Å²) in [6.45, 7) is 3.74. The lowest BCUT2D eigenvalue weighted by Crippen LogP contribution is -2.04. The fraction of sp³-hybridized carbons (Fsp3) is 0.0588. The molecule has 0 saturated heterocycles. The number of thiazole rings is 1. The minimum atomic E-state index is -0.347. The van der Waals surface area contributed by atoms with Crippen molar-refractivity contribution < 1.29 is 9.53 Å². The van der Waals surface area contributed by atoms with Crippen LogP contribution in [0.25, 0.3) is 20.8 Å². The number of benzene rings is 2. The van der Waals surface area contributed by atoms with E-state index in [0.29, 0.717) is 5.56 Å². The van der Waals surface area contributed by atoms with Gasteiger partial charge in [0.2, 0.25) is 0 Å². The Morgan fingerprint density at radius 3 is 2.77 bits per heavy atom. The Morgan fingerprint density at radius 2 is 2.05 bits per heavy atom. The number of hydrogen-bond acceptors (Lipinski definition) is 4. The summed E-state index contributed by atoms with van der Waals surface area (Å²) in [5, 5.41) is 0.930. The molecule has 0 saturated carbocycles. The summed E-state index contributed by atoms with van der Waals surface area (Å²) in [6.07, 6.45) is 1.55. The fourth-order valence-electron chi connectivity index (χ4n) is 1.99. The molecule has 110 valence electrons. The van der Waals surface area contributed by atoms with E-state index >= 15 is 0 Å². The van der Waals surface area contributed by atoms with E-state index in [1.54, 1.807) is 23.5 Å². The molecular weight excluding hydrogens is 362 g/mol. The summed E-state index contributed by atoms with van der Waals surface area (Å²) in [5.74, 6) is -0.347. The largest absolute Gasteiger partial charge is 0.458 e. The first-order valence-electron chi connectivity index (χ1n) is 6.62. The number of ether oxygens (including phenoxy) is 1. The fourth-order valence-corrected chi connectivity index (χ4v) is 3.26. The number of hydrogen-bond donors (Lipinski definition) is 0. The van der Waals surface area contributed by atoms with Crippen molar-refractivity contribution in [2.75, 3.05) is 6.61 Å². The van der Waals surface area contributed by atoms with E-state index in [9.17, 15) is 4.79 Å². The van der Waals surface area contributed by atoms with Crippen LogP contribution < -0.4 is 0 Å². The third-order valence-electron chi connectivity index (χ3n) is 3.05. The zero-order valence-electron chi connectivity index (χ0n) is 11.6. The summed E-state index contributed by atoms with van der Waals surface area (Å²) in [5.41, 5.74) is 2.46. The Morgan fingerprint density at radius 1 is 1.27 bits per heavy atom. The molecule has 3 nitrogen and oxygen atoms in total. The molecule has 0 radical (unpaired) electrons. The highest BCUT2D eigenvalue weighted by Crippen LogP contribution is 2.31. The molecule has 0 bridgehead atoms. The van der Waals surface area contributed by atoms with Gasteiger partial charge in [-0.05, 0) is 30.3 Å². The number of esters is 1. The maximum absolute atomic E-state index is 11.9. The van der Waals surface area contributed by atoms with E-state index in [1.807, 2.05) is 36.4 Å². The molecule has 2 aromatic carbocycles. The van der Waals surface area contributed by atoms with E-state index in [4.69, 9.17) is 4.74 Å². The van der Waals surface area contributed by atoms with Crippen molar-refractivity contribution in [2.45, 2.75) is 0 Å². The van der Waals surface area contributed by atoms with Gasteiger partial charge in [0.15, 0.2) is 0 Å². The molecule has 0 amide bonds. The second-order valence-corrected chi connectivity index (χ2v) is 6.54. The Hall–Kier alpha value is -1.98. The van der Waals surface area contributed by atoms with Crippen molar-refractivity contribution in [3.63, 3.8) is 0 Å². The molecule has 1 aromatic heterocycles. The first kappa shape index (κ1) is 14.9. The Bertz CT molecular complexity index is 839. The van der Waals surface area contributed by atoms with Crippen LogP contribution in [0, 0.1) is 0 Å². The highest BCUT2D eigenvalue weighted by Gasteiger charge is 2.11. The zero-order chi connectivity index (χ0) is 15.5. The molecule has 0 N–H and O–H groups in total. The maximum Gasteiger partial charge on any atom is 0.338 e. The van der Waals surface area contributed by atoms with E-state index in [0.717, 1.165) is 25.3 Å². The molecule has 5 heteroatoms. The number of fused-ring (bicyclic) bond motifs is 1. The minimum Gasteiger partial charge on any atom is -0.458 e. The van der Waals surface area contributed by atoms with Gasteiger partial charge in [0.05, 0.1) is 15.8 Å². The van der Waals surface area contributed by atoms with Gasteiger partial charge >= 0.3 is 5.97 Å². The van der Waals surface area contributed by atoms with Crippen molar-refractivity contribution in [1.82, 2.24) is 4.98 Å². The van der Waals surface area contributed by atoms with Crippen LogP contribution in [0.4, 0.5) is 0 Å². The van der Waals surface area contributed by atoms with Crippen LogP contribution in [-0.2, 0) is 4.74 Å². The maximum atomic E-state index is 11.9. The van der Waals surface area contributed by atoms with Crippen LogP contribution in [0.3, 0.4) is 0 Å². The number of aromatic nitrogens is 1. The smallest absolute Gasteiger partial charge is 0.338 e. The van der Waals surface area contributed by atoms with E-state index in [-0.39, 0.29) is 12.6 Å². The summed E-state index contributed by atoms with van der Waals surface area (Å²) < 4.78 is 7.05. The Balaban J connectivity index is 1.94. The topological polar surface area (TPSA) is 39.2 Å². The second-order valence-electron chi connectivity index (χ2n) is 4.60. The molecule has 0 aliphatic carbocycles. The van der Waals surface area contributed by atoms with E-state index in [2.05, 4.69) is 27.5 Å². The molecule has 0 aliphatic heterocycles. The number of carbonyl (C=O) groups excluding carboxylic acids is 1. The van der Waals surface area contributed by atoms with Gasteiger partial charge in [-0.2, -0.15) is 0 Å². The average molecular weight is 374 g/mol. The summed E-state index contributed by atoms with van der Waals surface area (Å²) in [4.78, 5) is 16.5. The van der Waals surface area contributed by atoms with Crippen molar-refractivity contribution in [2.24, 2.45) is 0 Å². The quantitative estimate of drug-likeness (QED) is 0.473. The summed E-state index contributed by atoms with van der Waals surface area (Å²) in [6, 6.07) is 13.4. The zero-order valence-corrected chi connectivity index (χ0v) is 14.0. The number of rotatable bonds is 4. The summed E-state index contributed by atoms with van der Waals surface area (Å²) >= 11 is 4.98. The molecule has 3 aromatic rings. The van der Waals surface area contributed by atoms with Crippen LogP contribution in [0.15, 0.2) is 59.6 Å². The third kappa shape index (κ3) is 3.10. The van der Waals surface area contributed by atoms with Gasteiger partial charge in [0.1, 0.15) is 11.6 Å². The number of carbonyl (C=O) groups is 1. The molecule has 22 heavy (non-hydrogen) atoms. The van der Waals surface area contributed by atoms with Crippen LogP contribution >= 0.6 is 27.3 Å². The highest BCUT2D eigenvalue weighted by molar-refractivity contribution is 9.10. The molecule has 0 atom stereocenters. The van der Waals surface area contributed by atoms with E-state index in [1.165, 1.54) is 0 Å². The van der Waals surface area contributed by atoms with Gasteiger partial charge in [-0.1, -0.05) is 40.7 Å². The molecule has 1 heterocycles. The molecule has 0 aliphatic rings. The van der Waals surface area contributed by atoms with Gasteiger partial charge in [-0.15, -0.1) is 11.3 Å². The first-order valence-corrected chi connectivity index (χ1v) is 8.23. The molecule has 3 rings (SSSR count). The van der Waals surface area contributed by atoms with Crippen molar-refractivity contribution in [3.8, 4) is 10.6 Å². The van der Waals surface area contributed by atoms with Crippen LogP contribution in [0.5, 0.6) is 0 Å². The van der Waals surface area contributed by atoms with Crippen LogP contribution in [-0.4, -0.2) is 17.6 Å². The predicted octanol–water partition coefficient (Wildman–Crippen LogP) is 5.07. The minimum absolute atomic E-state index is 0.212. The van der Waals surface area contributed by atoms with Gasteiger partial charge < -0.3 is 4.74 Å². The van der Waals surface area contributed by atoms with Gasteiger partial charge in [0, 0.05) is 10.0 Å². The number of nitrogens with zero attached hydrogens (tertiary/aromatic N) is 1. The van der Waals surface area contributed by atoms with Crippen molar-refractivity contribution in [3.05, 3.63) is 65.2 Å². The van der Waals surface area contributed by atoms with Crippen LogP contribution in [0.1, 0.15) is 10.4 Å². The normalized spacial score (nSPS) is 10.6. The van der Waals surface area contributed by atoms with E-state index < -0.39 is 0 Å². The van der Waals surface area contributed by atoms with Gasteiger partial charge in [-0.25, -0.2) is 9.78 Å². The monoisotopic (exact) mass is 373 g/mol. The third-order valence-corrected chi connectivity index (χ3v) is 4.64. The highest BCUT2D eigenvalue weighted by atomic mass is 79.9. The molecular formula is C17H12BrNO2S. The molecule has 0 fully saturated rings. The van der Waals surface area contributed by atoms with Gasteiger partial charge in [-0.3, -0.25) is 0 Å². The lowest BCUT2D eigenvalue weighted by Gasteiger charge is -2.00. The van der Waals surface area contributed by atoms with Gasteiger partial charge in [0.25, 0.3) is 0 Å². The second kappa shape index (κ2) is 6.42. The SMILES string of the molecule is C=CCOC(=O)c1ccc2nc(-c3ccc(Br)cc3)sc2c1. The van der Waals surface area contributed by atoms with Crippen molar-refractivity contribution in [1.29, 1.82) is 0 Å². The standard InChI is InChI=1S/C17H12BrNO2S/c1-2-9-21-17(20)12-5-8-14-15(10-12)22-16(19-14)11-3-6-13(18)7-4-11/h2-8,10H,1,9H2. The Kier molecular flexibility index (Phi) is 4.36. The molecule has 0 unspecified atom stereocenters. The lowest BCUT2D eigenvalue weighted by atomic mass is 10.2. The van der Waals surface area contributed by atoms with Crippen molar-refractivity contribution >= 4 is 43.5 Å². The Labute approximate surface area is 140 Å². The molecule has 0 spiro atoms. The summed E-state index contributed by atoms with van der Waals surface area (Å²) in [7, 11) is 0. The van der Waals surface area contributed by atoms with Crippen LogP contribution in [0.2, 0.25) is 0 Å². The lowest BCUT2D eigenvalue weighted by molar-refractivity contribution is 0.0550. The average Bonchev–Trinajstić information content (AvgIpc) is 2.96. The first-order chi connectivity index (χ1) is 10.7. The predicted molar refractivity (Wildman–Crippen MR) is 93.2 cm³/mol.